The molecule has 0 bridgehead atoms. The second-order valence-electron chi connectivity index (χ2n) is 4.31. The van der Waals surface area contributed by atoms with Crippen molar-refractivity contribution in [3.05, 3.63) is 42.0 Å². The lowest BCUT2D eigenvalue weighted by Gasteiger charge is -2.13. The first-order chi connectivity index (χ1) is 9.76. The van der Waals surface area contributed by atoms with Crippen LogP contribution in [0.3, 0.4) is 0 Å². The van der Waals surface area contributed by atoms with Gasteiger partial charge >= 0.3 is 0 Å². The fraction of sp³-hybridized carbons (Fsp3) is 0.250. The smallest absolute Gasteiger partial charge is 0.234 e. The van der Waals surface area contributed by atoms with Crippen LogP contribution in [0.15, 0.2) is 36.4 Å². The van der Waals surface area contributed by atoms with Crippen molar-refractivity contribution in [2.75, 3.05) is 6.61 Å². The maximum atomic E-state index is 11.4. The van der Waals surface area contributed by atoms with E-state index in [9.17, 15) is 4.79 Å². The fourth-order valence-electron chi connectivity index (χ4n) is 2.11. The number of nitrogens with one attached hydrogen (secondary N) is 1. The molecule has 0 spiro atoms. The SMILES string of the molecule is CCOc1ccc2ccccc2c1CNC(=O)CC#N. The minimum atomic E-state index is -0.275. The van der Waals surface area contributed by atoms with E-state index in [1.807, 2.05) is 49.4 Å². The lowest BCUT2D eigenvalue weighted by molar-refractivity contribution is -0.120. The lowest BCUT2D eigenvalue weighted by atomic mass is 10.0. The first kappa shape index (κ1) is 13.9. The fourth-order valence-corrected chi connectivity index (χ4v) is 2.11. The van der Waals surface area contributed by atoms with E-state index in [-0.39, 0.29) is 12.3 Å². The number of ether oxygens (including phenoxy) is 1. The van der Waals surface area contributed by atoms with Gasteiger partial charge in [-0.1, -0.05) is 30.3 Å². The molecular weight excluding hydrogens is 252 g/mol. The summed E-state index contributed by atoms with van der Waals surface area (Å²) in [5.41, 5.74) is 0.941. The minimum Gasteiger partial charge on any atom is -0.494 e. The number of fused-ring (bicyclic) bond motifs is 1. The van der Waals surface area contributed by atoms with Crippen LogP contribution in [-0.2, 0) is 11.3 Å². The van der Waals surface area contributed by atoms with E-state index in [4.69, 9.17) is 10.00 Å². The van der Waals surface area contributed by atoms with Gasteiger partial charge in [-0.3, -0.25) is 4.79 Å². The largest absolute Gasteiger partial charge is 0.494 e. The summed E-state index contributed by atoms with van der Waals surface area (Å²) in [4.78, 5) is 11.4. The number of hydrogen-bond donors (Lipinski definition) is 1. The number of carbonyl (C=O) groups excluding carboxylic acids is 1. The molecule has 0 radical (unpaired) electrons. The molecule has 1 amide bonds. The van der Waals surface area contributed by atoms with Gasteiger partial charge in [-0.15, -0.1) is 0 Å². The average Bonchev–Trinajstić information content (AvgIpc) is 2.46. The van der Waals surface area contributed by atoms with E-state index in [0.717, 1.165) is 22.1 Å². The molecule has 0 aromatic heterocycles. The van der Waals surface area contributed by atoms with E-state index in [1.165, 1.54) is 0 Å². The Labute approximate surface area is 118 Å². The predicted molar refractivity (Wildman–Crippen MR) is 77.2 cm³/mol. The summed E-state index contributed by atoms with van der Waals surface area (Å²) in [6.45, 7) is 2.85. The van der Waals surface area contributed by atoms with Gasteiger partial charge < -0.3 is 10.1 Å². The van der Waals surface area contributed by atoms with Crippen molar-refractivity contribution in [1.29, 1.82) is 5.26 Å². The molecule has 1 N–H and O–H groups in total. The van der Waals surface area contributed by atoms with Gasteiger partial charge in [-0.2, -0.15) is 5.26 Å². The summed E-state index contributed by atoms with van der Waals surface area (Å²) < 4.78 is 5.62. The average molecular weight is 268 g/mol. The molecule has 2 rings (SSSR count). The van der Waals surface area contributed by atoms with Crippen LogP contribution < -0.4 is 10.1 Å². The minimum absolute atomic E-state index is 0.130. The second kappa shape index (κ2) is 6.58. The topological polar surface area (TPSA) is 62.1 Å². The molecule has 0 heterocycles. The molecule has 4 nitrogen and oxygen atoms in total. The van der Waals surface area contributed by atoms with Crippen molar-refractivity contribution in [3.63, 3.8) is 0 Å². The molecule has 0 saturated carbocycles. The number of rotatable bonds is 5. The molecular formula is C16H16N2O2. The molecule has 102 valence electrons. The van der Waals surface area contributed by atoms with Gasteiger partial charge in [0.25, 0.3) is 0 Å². The first-order valence-electron chi connectivity index (χ1n) is 6.53. The summed E-state index contributed by atoms with van der Waals surface area (Å²) >= 11 is 0. The van der Waals surface area contributed by atoms with Crippen molar-refractivity contribution in [2.45, 2.75) is 19.9 Å². The monoisotopic (exact) mass is 268 g/mol. The van der Waals surface area contributed by atoms with Crippen LogP contribution in [0.4, 0.5) is 0 Å². The van der Waals surface area contributed by atoms with Gasteiger partial charge in [0.05, 0.1) is 12.7 Å². The summed E-state index contributed by atoms with van der Waals surface area (Å²) in [5, 5.41) is 13.4. The van der Waals surface area contributed by atoms with Gasteiger partial charge in [-0.25, -0.2) is 0 Å². The molecule has 0 unspecified atom stereocenters. The van der Waals surface area contributed by atoms with Gasteiger partial charge in [0.1, 0.15) is 12.2 Å². The van der Waals surface area contributed by atoms with Gasteiger partial charge in [0.2, 0.25) is 5.91 Å². The Morgan fingerprint density at radius 3 is 2.85 bits per heavy atom. The van der Waals surface area contributed by atoms with Crippen molar-refractivity contribution in [2.24, 2.45) is 0 Å². The van der Waals surface area contributed by atoms with Gasteiger partial charge in [-0.05, 0) is 23.8 Å². The molecule has 0 aliphatic carbocycles. The standard InChI is InChI=1S/C16H16N2O2/c1-2-20-15-8-7-12-5-3-4-6-13(12)14(15)11-18-16(19)9-10-17/h3-8H,2,9,11H2,1H3,(H,18,19). The predicted octanol–water partition coefficient (Wildman–Crippen LogP) is 2.77. The highest BCUT2D eigenvalue weighted by atomic mass is 16.5. The number of benzene rings is 2. The Kier molecular flexibility index (Phi) is 4.56. The molecule has 0 atom stereocenters. The van der Waals surface area contributed by atoms with Crippen LogP contribution in [0.5, 0.6) is 5.75 Å². The number of nitriles is 1. The molecule has 0 fully saturated rings. The van der Waals surface area contributed by atoms with Crippen molar-refractivity contribution >= 4 is 16.7 Å². The number of amides is 1. The summed E-state index contributed by atoms with van der Waals surface area (Å²) in [6, 6.07) is 13.7. The van der Waals surface area contributed by atoms with Crippen LogP contribution in [0.2, 0.25) is 0 Å². The number of nitrogens with zero attached hydrogens (tertiary/aromatic N) is 1. The maximum absolute atomic E-state index is 11.4. The molecule has 20 heavy (non-hydrogen) atoms. The van der Waals surface area contributed by atoms with Crippen LogP contribution >= 0.6 is 0 Å². The Balaban J connectivity index is 2.34. The highest BCUT2D eigenvalue weighted by Gasteiger charge is 2.10. The Hall–Kier alpha value is -2.54. The van der Waals surface area contributed by atoms with E-state index < -0.39 is 0 Å². The normalized spacial score (nSPS) is 10.0. The van der Waals surface area contributed by atoms with Crippen LogP contribution in [0, 0.1) is 11.3 Å². The van der Waals surface area contributed by atoms with E-state index in [2.05, 4.69) is 5.32 Å². The zero-order valence-electron chi connectivity index (χ0n) is 11.3. The van der Waals surface area contributed by atoms with Gasteiger partial charge in [0.15, 0.2) is 0 Å². The quantitative estimate of drug-likeness (QED) is 0.907. The lowest BCUT2D eigenvalue weighted by Crippen LogP contribution is -2.22. The van der Waals surface area contributed by atoms with E-state index in [0.29, 0.717) is 13.2 Å². The highest BCUT2D eigenvalue weighted by Crippen LogP contribution is 2.28. The molecule has 2 aromatic carbocycles. The Morgan fingerprint density at radius 1 is 1.30 bits per heavy atom. The molecule has 0 aliphatic rings. The maximum Gasteiger partial charge on any atom is 0.234 e. The zero-order valence-corrected chi connectivity index (χ0v) is 11.3. The summed E-state index contributed by atoms with van der Waals surface area (Å²) in [5.74, 6) is 0.492. The number of carbonyl (C=O) groups is 1. The van der Waals surface area contributed by atoms with Crippen molar-refractivity contribution < 1.29 is 9.53 Å². The van der Waals surface area contributed by atoms with E-state index in [1.54, 1.807) is 0 Å². The first-order valence-corrected chi connectivity index (χ1v) is 6.53. The summed E-state index contributed by atoms with van der Waals surface area (Å²) in [7, 11) is 0. The molecule has 0 aliphatic heterocycles. The molecule has 4 heteroatoms. The highest BCUT2D eigenvalue weighted by molar-refractivity contribution is 5.88. The van der Waals surface area contributed by atoms with Crippen LogP contribution in [0.1, 0.15) is 18.9 Å². The Morgan fingerprint density at radius 2 is 2.10 bits per heavy atom. The number of hydrogen-bond acceptors (Lipinski definition) is 3. The van der Waals surface area contributed by atoms with Gasteiger partial charge in [0, 0.05) is 12.1 Å². The van der Waals surface area contributed by atoms with Crippen LogP contribution in [-0.4, -0.2) is 12.5 Å². The van der Waals surface area contributed by atoms with Crippen LogP contribution in [0.25, 0.3) is 10.8 Å². The van der Waals surface area contributed by atoms with Crippen molar-refractivity contribution in [1.82, 2.24) is 5.32 Å². The van der Waals surface area contributed by atoms with E-state index >= 15 is 0 Å². The zero-order chi connectivity index (χ0) is 14.4. The molecule has 2 aromatic rings. The summed E-state index contributed by atoms with van der Waals surface area (Å²) in [6.07, 6.45) is -0.130. The van der Waals surface area contributed by atoms with Crippen molar-refractivity contribution in [3.8, 4) is 11.8 Å². The Bertz CT molecular complexity index is 659. The third-order valence-corrected chi connectivity index (χ3v) is 3.00. The molecule has 0 saturated heterocycles. The third-order valence-electron chi connectivity index (χ3n) is 3.00. The third kappa shape index (κ3) is 3.07. The second-order valence-corrected chi connectivity index (χ2v) is 4.31.